The van der Waals surface area contributed by atoms with E-state index in [0.29, 0.717) is 11.3 Å². The second kappa shape index (κ2) is 7.38. The van der Waals surface area contributed by atoms with Gasteiger partial charge in [0.2, 0.25) is 0 Å². The van der Waals surface area contributed by atoms with Crippen molar-refractivity contribution in [3.63, 3.8) is 0 Å². The van der Waals surface area contributed by atoms with Gasteiger partial charge in [-0.2, -0.15) is 10.4 Å². The molecule has 0 aliphatic heterocycles. The summed E-state index contributed by atoms with van der Waals surface area (Å²) in [7, 11) is 0. The first-order valence-corrected chi connectivity index (χ1v) is 7.46. The average Bonchev–Trinajstić information content (AvgIpc) is 2.93. The zero-order chi connectivity index (χ0) is 15.9. The number of benzene rings is 1. The Morgan fingerprint density at radius 1 is 1.36 bits per heavy atom. The molecule has 0 aliphatic carbocycles. The number of hydrogen-bond acceptors (Lipinski definition) is 5. The van der Waals surface area contributed by atoms with Crippen LogP contribution in [0.3, 0.4) is 0 Å². The molecular weight excluding hydrogens is 298 g/mol. The topological polar surface area (TPSA) is 74.5 Å². The summed E-state index contributed by atoms with van der Waals surface area (Å²) in [6.45, 7) is 3.65. The average molecular weight is 313 g/mol. The minimum Gasteiger partial charge on any atom is -0.481 e. The van der Waals surface area contributed by atoms with Crippen LogP contribution in [0.15, 0.2) is 41.5 Å². The number of nitrogens with one attached hydrogen (secondary N) is 1. The third kappa shape index (κ3) is 4.43. The van der Waals surface area contributed by atoms with Crippen LogP contribution < -0.4 is 10.2 Å². The highest BCUT2D eigenvalue weighted by Crippen LogP contribution is 2.14. The van der Waals surface area contributed by atoms with E-state index in [1.807, 2.05) is 25.1 Å². The molecule has 22 heavy (non-hydrogen) atoms. The Bertz CT molecular complexity index is 714. The second-order valence-corrected chi connectivity index (χ2v) is 5.90. The molecule has 0 bridgehead atoms. The summed E-state index contributed by atoms with van der Waals surface area (Å²) >= 11 is 1.60. The Morgan fingerprint density at radius 3 is 2.68 bits per heavy atom. The van der Waals surface area contributed by atoms with Gasteiger partial charge in [-0.3, -0.25) is 4.79 Å². The molecule has 0 saturated carbocycles. The van der Waals surface area contributed by atoms with Crippen molar-refractivity contribution < 1.29 is 9.53 Å². The van der Waals surface area contributed by atoms with Crippen LogP contribution in [0.4, 0.5) is 0 Å². The minimum absolute atomic E-state index is 0.339. The summed E-state index contributed by atoms with van der Waals surface area (Å²) in [6, 6.07) is 12.5. The highest BCUT2D eigenvalue weighted by molar-refractivity contribution is 7.13. The van der Waals surface area contributed by atoms with Crippen LogP contribution in [0.1, 0.15) is 22.2 Å². The Morgan fingerprint density at radius 2 is 2.09 bits per heavy atom. The number of carbonyl (C=O) groups excluding carboxylic acids is 1. The van der Waals surface area contributed by atoms with Crippen LogP contribution in [0, 0.1) is 18.3 Å². The number of hydrogen-bond donors (Lipinski definition) is 1. The molecule has 0 spiro atoms. The maximum atomic E-state index is 11.9. The number of hydrazone groups is 1. The molecule has 1 atom stereocenters. The van der Waals surface area contributed by atoms with Crippen molar-refractivity contribution in [2.45, 2.75) is 20.0 Å². The van der Waals surface area contributed by atoms with Gasteiger partial charge >= 0.3 is 0 Å². The van der Waals surface area contributed by atoms with E-state index >= 15 is 0 Å². The summed E-state index contributed by atoms with van der Waals surface area (Å²) in [6.07, 6.45) is 0.916. The van der Waals surface area contributed by atoms with Crippen LogP contribution in [0.5, 0.6) is 5.75 Å². The molecule has 5 nitrogen and oxygen atoms in total. The molecule has 0 radical (unpaired) electrons. The molecular formula is C16H15N3O2S. The van der Waals surface area contributed by atoms with E-state index in [4.69, 9.17) is 10.00 Å². The predicted octanol–water partition coefficient (Wildman–Crippen LogP) is 2.85. The van der Waals surface area contributed by atoms with Gasteiger partial charge in [0.05, 0.1) is 17.8 Å². The molecule has 1 unspecified atom stereocenters. The first-order valence-electron chi connectivity index (χ1n) is 6.64. The van der Waals surface area contributed by atoms with E-state index < -0.39 is 6.10 Å². The first-order chi connectivity index (χ1) is 10.6. The van der Waals surface area contributed by atoms with E-state index in [-0.39, 0.29) is 5.91 Å². The number of carbonyl (C=O) groups is 1. The summed E-state index contributed by atoms with van der Waals surface area (Å²) < 4.78 is 5.49. The Balaban J connectivity index is 1.86. The molecule has 0 aliphatic rings. The van der Waals surface area contributed by atoms with Gasteiger partial charge in [0.15, 0.2) is 6.10 Å². The molecule has 2 aromatic rings. The van der Waals surface area contributed by atoms with Crippen molar-refractivity contribution in [1.82, 2.24) is 5.43 Å². The quantitative estimate of drug-likeness (QED) is 0.681. The zero-order valence-corrected chi connectivity index (χ0v) is 13.1. The van der Waals surface area contributed by atoms with Crippen LogP contribution in [0.2, 0.25) is 0 Å². The first kappa shape index (κ1) is 15.7. The number of amides is 1. The largest absolute Gasteiger partial charge is 0.481 e. The van der Waals surface area contributed by atoms with Gasteiger partial charge in [0.1, 0.15) is 5.75 Å². The van der Waals surface area contributed by atoms with Crippen molar-refractivity contribution in [2.75, 3.05) is 0 Å². The molecule has 0 saturated heterocycles. The van der Waals surface area contributed by atoms with Crippen molar-refractivity contribution in [1.29, 1.82) is 5.26 Å². The summed E-state index contributed by atoms with van der Waals surface area (Å²) in [5.74, 6) is 0.188. The Kier molecular flexibility index (Phi) is 5.28. The zero-order valence-electron chi connectivity index (χ0n) is 12.2. The van der Waals surface area contributed by atoms with Crippen molar-refractivity contribution >= 4 is 23.5 Å². The van der Waals surface area contributed by atoms with E-state index in [0.717, 1.165) is 4.88 Å². The fraction of sp³-hybridized carbons (Fsp3) is 0.188. The minimum atomic E-state index is -0.685. The smallest absolute Gasteiger partial charge is 0.280 e. The monoisotopic (exact) mass is 313 g/mol. The lowest BCUT2D eigenvalue weighted by atomic mass is 10.2. The summed E-state index contributed by atoms with van der Waals surface area (Å²) in [5.41, 5.74) is 2.98. The van der Waals surface area contributed by atoms with Gasteiger partial charge in [0, 0.05) is 9.75 Å². The number of thiophene rings is 1. The molecule has 0 fully saturated rings. The van der Waals surface area contributed by atoms with Gasteiger partial charge in [-0.05, 0) is 50.2 Å². The number of aryl methyl sites for hydroxylation is 1. The summed E-state index contributed by atoms with van der Waals surface area (Å²) in [4.78, 5) is 14.0. The van der Waals surface area contributed by atoms with E-state index in [2.05, 4.69) is 10.5 Å². The lowest BCUT2D eigenvalue weighted by molar-refractivity contribution is -0.127. The number of rotatable bonds is 5. The van der Waals surface area contributed by atoms with Gasteiger partial charge in [-0.25, -0.2) is 5.43 Å². The Labute approximate surface area is 132 Å². The van der Waals surface area contributed by atoms with Crippen molar-refractivity contribution in [3.05, 3.63) is 51.7 Å². The number of ether oxygens (including phenoxy) is 1. The number of nitriles is 1. The van der Waals surface area contributed by atoms with Gasteiger partial charge in [-0.15, -0.1) is 11.3 Å². The second-order valence-electron chi connectivity index (χ2n) is 4.58. The highest BCUT2D eigenvalue weighted by Gasteiger charge is 2.13. The molecule has 112 valence electrons. The molecule has 1 amide bonds. The normalized spacial score (nSPS) is 11.9. The number of nitrogens with zero attached hydrogens (tertiary/aromatic N) is 2. The molecule has 2 rings (SSSR count). The highest BCUT2D eigenvalue weighted by atomic mass is 32.1. The fourth-order valence-corrected chi connectivity index (χ4v) is 2.39. The fourth-order valence-electron chi connectivity index (χ4n) is 1.64. The molecule has 1 aromatic carbocycles. The van der Waals surface area contributed by atoms with Crippen molar-refractivity contribution in [2.24, 2.45) is 5.10 Å². The molecule has 1 aromatic heterocycles. The Hall–Kier alpha value is -2.65. The molecule has 6 heteroatoms. The van der Waals surface area contributed by atoms with Crippen LogP contribution >= 0.6 is 11.3 Å². The maximum Gasteiger partial charge on any atom is 0.280 e. The summed E-state index contributed by atoms with van der Waals surface area (Å²) in [5, 5.41) is 12.6. The van der Waals surface area contributed by atoms with Gasteiger partial charge < -0.3 is 4.74 Å². The molecule has 1 N–H and O–H groups in total. The molecule has 1 heterocycles. The predicted molar refractivity (Wildman–Crippen MR) is 86.0 cm³/mol. The van der Waals surface area contributed by atoms with Crippen LogP contribution in [-0.4, -0.2) is 18.2 Å². The third-order valence-corrected chi connectivity index (χ3v) is 3.73. The van der Waals surface area contributed by atoms with Gasteiger partial charge in [-0.1, -0.05) is 0 Å². The third-order valence-electron chi connectivity index (χ3n) is 2.79. The van der Waals surface area contributed by atoms with Crippen LogP contribution in [0.25, 0.3) is 0 Å². The van der Waals surface area contributed by atoms with E-state index in [9.17, 15) is 4.79 Å². The standard InChI is InChI=1S/C16H15N3O2S/c1-11-3-8-15(22-11)10-18-19-16(20)12(2)21-14-6-4-13(9-17)5-7-14/h3-8,10,12H,1-2H3,(H,19,20)/b18-10+. The van der Waals surface area contributed by atoms with Crippen LogP contribution in [-0.2, 0) is 4.79 Å². The lowest BCUT2D eigenvalue weighted by Crippen LogP contribution is -2.33. The van der Waals surface area contributed by atoms with Gasteiger partial charge in [0.25, 0.3) is 5.91 Å². The van der Waals surface area contributed by atoms with Crippen molar-refractivity contribution in [3.8, 4) is 11.8 Å². The lowest BCUT2D eigenvalue weighted by Gasteiger charge is -2.12. The maximum absolute atomic E-state index is 11.9. The SMILES string of the molecule is Cc1ccc(/C=N/NC(=O)C(C)Oc2ccc(C#N)cc2)s1. The van der Waals surface area contributed by atoms with E-state index in [1.54, 1.807) is 48.7 Å². The van der Waals surface area contributed by atoms with E-state index in [1.165, 1.54) is 4.88 Å².